The molecule has 0 aliphatic rings. The van der Waals surface area contributed by atoms with Gasteiger partial charge in [-0.2, -0.15) is 5.26 Å². The average Bonchev–Trinajstić information content (AvgIpc) is 2.50. The SMILES string of the molecule is N#Cc1cocc1[C@@H](N)CO. The molecule has 1 rings (SSSR count). The Bertz CT molecular complexity index is 274. The first-order valence-corrected chi connectivity index (χ1v) is 3.12. The number of hydrogen-bond donors (Lipinski definition) is 2. The summed E-state index contributed by atoms with van der Waals surface area (Å²) in [6, 6.07) is 1.38. The summed E-state index contributed by atoms with van der Waals surface area (Å²) in [5.41, 5.74) is 6.39. The first-order valence-electron chi connectivity index (χ1n) is 3.12. The molecule has 3 N–H and O–H groups in total. The van der Waals surface area contributed by atoms with E-state index in [1.165, 1.54) is 12.5 Å². The Hall–Kier alpha value is -1.31. The maximum Gasteiger partial charge on any atom is 0.108 e. The van der Waals surface area contributed by atoms with Crippen LogP contribution in [-0.2, 0) is 0 Å². The van der Waals surface area contributed by atoms with Crippen LogP contribution in [0.2, 0.25) is 0 Å². The van der Waals surface area contributed by atoms with Crippen molar-refractivity contribution in [3.05, 3.63) is 23.7 Å². The van der Waals surface area contributed by atoms with Crippen molar-refractivity contribution in [2.24, 2.45) is 5.73 Å². The second-order valence-electron chi connectivity index (χ2n) is 2.14. The normalized spacial score (nSPS) is 12.5. The molecule has 1 aromatic heterocycles. The highest BCUT2D eigenvalue weighted by Crippen LogP contribution is 2.15. The topological polar surface area (TPSA) is 83.2 Å². The van der Waals surface area contributed by atoms with Gasteiger partial charge in [0, 0.05) is 5.56 Å². The molecule has 0 aliphatic heterocycles. The van der Waals surface area contributed by atoms with Gasteiger partial charge in [0.05, 0.1) is 24.5 Å². The van der Waals surface area contributed by atoms with Crippen molar-refractivity contribution in [3.8, 4) is 6.07 Å². The van der Waals surface area contributed by atoms with Crippen molar-refractivity contribution in [1.29, 1.82) is 5.26 Å². The van der Waals surface area contributed by atoms with Crippen molar-refractivity contribution < 1.29 is 9.52 Å². The Labute approximate surface area is 63.8 Å². The molecule has 0 fully saturated rings. The predicted molar refractivity (Wildman–Crippen MR) is 37.4 cm³/mol. The molecule has 1 aromatic rings. The fourth-order valence-electron chi connectivity index (χ4n) is 0.783. The summed E-state index contributed by atoms with van der Waals surface area (Å²) in [5.74, 6) is 0. The van der Waals surface area contributed by atoms with Crippen LogP contribution in [0.5, 0.6) is 0 Å². The van der Waals surface area contributed by atoms with Gasteiger partial charge in [-0.05, 0) is 0 Å². The molecule has 11 heavy (non-hydrogen) atoms. The van der Waals surface area contributed by atoms with Gasteiger partial charge in [-0.3, -0.25) is 0 Å². The van der Waals surface area contributed by atoms with Crippen LogP contribution in [0.1, 0.15) is 17.2 Å². The second kappa shape index (κ2) is 3.19. The lowest BCUT2D eigenvalue weighted by Crippen LogP contribution is -2.14. The van der Waals surface area contributed by atoms with Gasteiger partial charge in [0.25, 0.3) is 0 Å². The van der Waals surface area contributed by atoms with Gasteiger partial charge < -0.3 is 15.3 Å². The number of aliphatic hydroxyl groups excluding tert-OH is 1. The van der Waals surface area contributed by atoms with Crippen molar-refractivity contribution in [2.75, 3.05) is 6.61 Å². The maximum absolute atomic E-state index is 8.65. The van der Waals surface area contributed by atoms with E-state index in [9.17, 15) is 0 Å². The van der Waals surface area contributed by atoms with Gasteiger partial charge in [-0.15, -0.1) is 0 Å². The van der Waals surface area contributed by atoms with E-state index in [4.69, 9.17) is 20.5 Å². The van der Waals surface area contributed by atoms with E-state index < -0.39 is 6.04 Å². The summed E-state index contributed by atoms with van der Waals surface area (Å²) in [7, 11) is 0. The van der Waals surface area contributed by atoms with Gasteiger partial charge in [0.15, 0.2) is 0 Å². The van der Waals surface area contributed by atoms with Crippen molar-refractivity contribution in [3.63, 3.8) is 0 Å². The van der Waals surface area contributed by atoms with E-state index in [0.717, 1.165) is 0 Å². The zero-order valence-electron chi connectivity index (χ0n) is 5.82. The Kier molecular flexibility index (Phi) is 2.26. The van der Waals surface area contributed by atoms with Crippen LogP contribution >= 0.6 is 0 Å². The van der Waals surface area contributed by atoms with Gasteiger partial charge in [0.2, 0.25) is 0 Å². The first kappa shape index (κ1) is 7.79. The lowest BCUT2D eigenvalue weighted by atomic mass is 10.1. The third-order valence-electron chi connectivity index (χ3n) is 1.41. The molecule has 0 radical (unpaired) electrons. The number of aliphatic hydroxyl groups is 1. The quantitative estimate of drug-likeness (QED) is 0.631. The summed E-state index contributed by atoms with van der Waals surface area (Å²) in [4.78, 5) is 0. The highest BCUT2D eigenvalue weighted by atomic mass is 16.3. The third-order valence-corrected chi connectivity index (χ3v) is 1.41. The third kappa shape index (κ3) is 1.40. The molecular weight excluding hydrogens is 144 g/mol. The predicted octanol–water partition coefficient (Wildman–Crippen LogP) is 0.143. The summed E-state index contributed by atoms with van der Waals surface area (Å²) in [5, 5.41) is 17.2. The van der Waals surface area contributed by atoms with E-state index >= 15 is 0 Å². The lowest BCUT2D eigenvalue weighted by molar-refractivity contribution is 0.267. The molecule has 0 spiro atoms. The second-order valence-corrected chi connectivity index (χ2v) is 2.14. The summed E-state index contributed by atoms with van der Waals surface area (Å²) in [6.45, 7) is -0.186. The largest absolute Gasteiger partial charge is 0.471 e. The van der Waals surface area contributed by atoms with E-state index in [1.54, 1.807) is 0 Å². The standard InChI is InChI=1S/C7H8N2O2/c8-1-5-3-11-4-6(5)7(9)2-10/h3-4,7,10H,2,9H2/t7-/m0/s1. The highest BCUT2D eigenvalue weighted by Gasteiger charge is 2.11. The number of nitrogens with zero attached hydrogens (tertiary/aromatic N) is 1. The minimum absolute atomic E-state index is 0.186. The molecule has 0 bridgehead atoms. The molecule has 4 nitrogen and oxygen atoms in total. The Morgan fingerprint density at radius 1 is 1.73 bits per heavy atom. The molecule has 1 atom stereocenters. The molecule has 0 saturated carbocycles. The Morgan fingerprint density at radius 3 is 3.00 bits per heavy atom. The number of hydrogen-bond acceptors (Lipinski definition) is 4. The van der Waals surface area contributed by atoms with Crippen molar-refractivity contribution in [2.45, 2.75) is 6.04 Å². The van der Waals surface area contributed by atoms with Gasteiger partial charge in [-0.1, -0.05) is 0 Å². The molecule has 0 aliphatic carbocycles. The average molecular weight is 152 g/mol. The number of furan rings is 1. The molecule has 0 unspecified atom stereocenters. The molecule has 58 valence electrons. The minimum atomic E-state index is -0.525. The Balaban J connectivity index is 2.95. The zero-order chi connectivity index (χ0) is 8.27. The molecule has 0 amide bonds. The van der Waals surface area contributed by atoms with Crippen LogP contribution in [0.3, 0.4) is 0 Å². The molecule has 0 aromatic carbocycles. The van der Waals surface area contributed by atoms with Crippen LogP contribution in [0.25, 0.3) is 0 Å². The molecule has 1 heterocycles. The van der Waals surface area contributed by atoms with E-state index in [1.807, 2.05) is 6.07 Å². The number of rotatable bonds is 2. The van der Waals surface area contributed by atoms with Crippen LogP contribution in [-0.4, -0.2) is 11.7 Å². The number of nitrogens with two attached hydrogens (primary N) is 1. The smallest absolute Gasteiger partial charge is 0.108 e. The van der Waals surface area contributed by atoms with Gasteiger partial charge >= 0.3 is 0 Å². The number of nitriles is 1. The maximum atomic E-state index is 8.65. The van der Waals surface area contributed by atoms with E-state index in [2.05, 4.69) is 0 Å². The fraction of sp³-hybridized carbons (Fsp3) is 0.286. The van der Waals surface area contributed by atoms with Crippen LogP contribution in [0, 0.1) is 11.3 Å². The van der Waals surface area contributed by atoms with Gasteiger partial charge in [-0.25, -0.2) is 0 Å². The van der Waals surface area contributed by atoms with Crippen molar-refractivity contribution >= 4 is 0 Å². The van der Waals surface area contributed by atoms with E-state index in [-0.39, 0.29) is 6.61 Å². The zero-order valence-corrected chi connectivity index (χ0v) is 5.82. The highest BCUT2D eigenvalue weighted by molar-refractivity contribution is 5.35. The van der Waals surface area contributed by atoms with Crippen LogP contribution in [0.15, 0.2) is 16.9 Å². The van der Waals surface area contributed by atoms with E-state index in [0.29, 0.717) is 11.1 Å². The first-order chi connectivity index (χ1) is 5.29. The summed E-state index contributed by atoms with van der Waals surface area (Å²) in [6.07, 6.45) is 2.68. The molecule has 4 heteroatoms. The fourth-order valence-corrected chi connectivity index (χ4v) is 0.783. The van der Waals surface area contributed by atoms with Crippen molar-refractivity contribution in [1.82, 2.24) is 0 Å². The molecular formula is C7H8N2O2. The Morgan fingerprint density at radius 2 is 2.45 bits per heavy atom. The summed E-state index contributed by atoms with van der Waals surface area (Å²) < 4.78 is 4.75. The monoisotopic (exact) mass is 152 g/mol. The van der Waals surface area contributed by atoms with Crippen LogP contribution < -0.4 is 5.73 Å². The summed E-state index contributed by atoms with van der Waals surface area (Å²) >= 11 is 0. The van der Waals surface area contributed by atoms with Gasteiger partial charge in [0.1, 0.15) is 12.3 Å². The van der Waals surface area contributed by atoms with Crippen LogP contribution in [0.4, 0.5) is 0 Å². The lowest BCUT2D eigenvalue weighted by Gasteiger charge is -2.03. The minimum Gasteiger partial charge on any atom is -0.471 e. The molecule has 0 saturated heterocycles.